The molecule has 2 aromatic carbocycles. The van der Waals surface area contributed by atoms with E-state index in [0.29, 0.717) is 34.8 Å². The predicted octanol–water partition coefficient (Wildman–Crippen LogP) is 2.85. The summed E-state index contributed by atoms with van der Waals surface area (Å²) in [5.41, 5.74) is 2.61. The summed E-state index contributed by atoms with van der Waals surface area (Å²) in [5, 5.41) is 12.6. The first-order valence-electron chi connectivity index (χ1n) is 10.2. The van der Waals surface area contributed by atoms with Crippen molar-refractivity contribution in [3.63, 3.8) is 0 Å². The molecule has 11 heteroatoms. The third-order valence-electron chi connectivity index (χ3n) is 5.18. The molecule has 0 spiro atoms. The molecule has 0 aliphatic carbocycles. The van der Waals surface area contributed by atoms with Crippen LogP contribution >= 0.6 is 0 Å². The van der Waals surface area contributed by atoms with Gasteiger partial charge in [0.1, 0.15) is 18.2 Å². The molecule has 0 bridgehead atoms. The molecule has 4 rings (SSSR count). The molecule has 0 saturated carbocycles. The lowest BCUT2D eigenvalue weighted by Gasteiger charge is -2.11. The molecule has 0 radical (unpaired) electrons. The number of hydrogen-bond acceptors (Lipinski definition) is 6. The Balaban J connectivity index is 1.70. The number of aromatic nitrogens is 6. The van der Waals surface area contributed by atoms with Crippen LogP contribution in [-0.4, -0.2) is 56.6 Å². The Morgan fingerprint density at radius 1 is 1.12 bits per heavy atom. The predicted molar refractivity (Wildman–Crippen MR) is 118 cm³/mol. The highest BCUT2D eigenvalue weighted by atomic mass is 32.2. The summed E-state index contributed by atoms with van der Waals surface area (Å²) < 4.78 is 41.8. The van der Waals surface area contributed by atoms with Gasteiger partial charge in [-0.25, -0.2) is 22.1 Å². The second-order valence-corrected chi connectivity index (χ2v) is 9.88. The lowest BCUT2D eigenvalue weighted by molar-refractivity contribution is 0.521. The minimum atomic E-state index is -3.56. The van der Waals surface area contributed by atoms with Crippen molar-refractivity contribution in [2.45, 2.75) is 38.3 Å². The maximum absolute atomic E-state index is 13.6. The van der Waals surface area contributed by atoms with Crippen LogP contribution in [-0.2, 0) is 23.1 Å². The second-order valence-electron chi connectivity index (χ2n) is 7.73. The van der Waals surface area contributed by atoms with Gasteiger partial charge in [0, 0.05) is 26.2 Å². The van der Waals surface area contributed by atoms with Crippen molar-refractivity contribution in [1.29, 1.82) is 0 Å². The summed E-state index contributed by atoms with van der Waals surface area (Å²) in [6.45, 7) is 4.71. The fourth-order valence-electron chi connectivity index (χ4n) is 3.46. The van der Waals surface area contributed by atoms with Crippen LogP contribution in [0.4, 0.5) is 4.39 Å². The first kappa shape index (κ1) is 22.0. The van der Waals surface area contributed by atoms with Gasteiger partial charge >= 0.3 is 0 Å². The Morgan fingerprint density at radius 2 is 1.91 bits per heavy atom. The minimum absolute atomic E-state index is 0.190. The molecule has 32 heavy (non-hydrogen) atoms. The molecule has 0 aliphatic rings. The van der Waals surface area contributed by atoms with E-state index in [0.717, 1.165) is 11.9 Å². The van der Waals surface area contributed by atoms with E-state index < -0.39 is 10.0 Å². The maximum atomic E-state index is 13.6. The molecule has 0 amide bonds. The highest BCUT2D eigenvalue weighted by molar-refractivity contribution is 7.89. The van der Waals surface area contributed by atoms with Crippen molar-refractivity contribution >= 4 is 21.1 Å². The summed E-state index contributed by atoms with van der Waals surface area (Å²) in [6, 6.07) is 9.63. The fourth-order valence-corrected chi connectivity index (χ4v) is 4.38. The van der Waals surface area contributed by atoms with Gasteiger partial charge in [0.15, 0.2) is 0 Å². The third kappa shape index (κ3) is 4.00. The quantitative estimate of drug-likeness (QED) is 0.423. The number of benzene rings is 2. The van der Waals surface area contributed by atoms with E-state index in [4.69, 9.17) is 0 Å². The molecular formula is C21H24FN7O2S. The molecule has 0 saturated heterocycles. The van der Waals surface area contributed by atoms with Gasteiger partial charge in [-0.2, -0.15) is 4.80 Å². The van der Waals surface area contributed by atoms with Gasteiger partial charge in [-0.15, -0.1) is 10.2 Å². The average Bonchev–Trinajstić information content (AvgIpc) is 3.35. The SMILES string of the molecule is CCCn1c(Cn2nnc(-c3ccc(F)c(C)c3)n2)nc2cc(S(=O)(=O)N(C)C)ccc21. The van der Waals surface area contributed by atoms with Gasteiger partial charge in [0.05, 0.1) is 15.9 Å². The number of tetrazole rings is 1. The summed E-state index contributed by atoms with van der Waals surface area (Å²) in [5.74, 6) is 0.802. The van der Waals surface area contributed by atoms with Crippen molar-refractivity contribution < 1.29 is 12.8 Å². The lowest BCUT2D eigenvalue weighted by atomic mass is 10.1. The number of halogens is 1. The standard InChI is InChI=1S/C21H24FN7O2S/c1-5-10-28-19-9-7-16(32(30,31)27(3)4)12-18(19)23-20(28)13-29-25-21(24-26-29)15-6-8-17(22)14(2)11-15/h6-9,11-12H,5,10,13H2,1-4H3. The average molecular weight is 458 g/mol. The van der Waals surface area contributed by atoms with Crippen LogP contribution in [0.3, 0.4) is 0 Å². The first-order chi connectivity index (χ1) is 15.2. The van der Waals surface area contributed by atoms with Crippen LogP contribution in [0.1, 0.15) is 24.7 Å². The summed E-state index contributed by atoms with van der Waals surface area (Å²) >= 11 is 0. The fraction of sp³-hybridized carbons (Fsp3) is 0.333. The Kier molecular flexibility index (Phi) is 5.78. The van der Waals surface area contributed by atoms with E-state index in [1.54, 1.807) is 37.3 Å². The molecular weight excluding hydrogens is 433 g/mol. The van der Waals surface area contributed by atoms with Crippen LogP contribution in [0, 0.1) is 12.7 Å². The third-order valence-corrected chi connectivity index (χ3v) is 6.99. The number of rotatable bonds is 7. The van der Waals surface area contributed by atoms with E-state index in [1.165, 1.54) is 29.3 Å². The van der Waals surface area contributed by atoms with Gasteiger partial charge in [-0.05, 0) is 60.5 Å². The van der Waals surface area contributed by atoms with Gasteiger partial charge in [-0.3, -0.25) is 0 Å². The van der Waals surface area contributed by atoms with Crippen LogP contribution < -0.4 is 0 Å². The van der Waals surface area contributed by atoms with E-state index >= 15 is 0 Å². The molecule has 0 aliphatic heterocycles. The molecule has 0 unspecified atom stereocenters. The van der Waals surface area contributed by atoms with Crippen molar-refractivity contribution in [3.05, 3.63) is 53.6 Å². The minimum Gasteiger partial charge on any atom is -0.326 e. The number of imidazole rings is 1. The summed E-state index contributed by atoms with van der Waals surface area (Å²) in [6.07, 6.45) is 0.876. The number of fused-ring (bicyclic) bond motifs is 1. The van der Waals surface area contributed by atoms with Crippen molar-refractivity contribution in [2.24, 2.45) is 0 Å². The highest BCUT2D eigenvalue weighted by Crippen LogP contribution is 2.23. The number of hydrogen-bond donors (Lipinski definition) is 0. The van der Waals surface area contributed by atoms with E-state index in [9.17, 15) is 12.8 Å². The Morgan fingerprint density at radius 3 is 2.59 bits per heavy atom. The zero-order chi connectivity index (χ0) is 23.0. The Hall–Kier alpha value is -3.18. The largest absolute Gasteiger partial charge is 0.326 e. The molecule has 2 heterocycles. The molecule has 168 valence electrons. The smallest absolute Gasteiger partial charge is 0.242 e. The van der Waals surface area contributed by atoms with Gasteiger partial charge in [0.2, 0.25) is 15.8 Å². The van der Waals surface area contributed by atoms with Crippen LogP contribution in [0.15, 0.2) is 41.3 Å². The first-order valence-corrected chi connectivity index (χ1v) is 11.6. The number of nitrogens with zero attached hydrogens (tertiary/aromatic N) is 7. The lowest BCUT2D eigenvalue weighted by Crippen LogP contribution is -2.22. The van der Waals surface area contributed by atoms with Crippen molar-refractivity contribution in [2.75, 3.05) is 14.1 Å². The van der Waals surface area contributed by atoms with Crippen LogP contribution in [0.25, 0.3) is 22.4 Å². The van der Waals surface area contributed by atoms with Gasteiger partial charge in [0.25, 0.3) is 0 Å². The molecule has 0 N–H and O–H groups in total. The molecule has 0 atom stereocenters. The van der Waals surface area contributed by atoms with E-state index in [-0.39, 0.29) is 17.3 Å². The van der Waals surface area contributed by atoms with Gasteiger partial charge < -0.3 is 4.57 Å². The Labute approximate surface area is 185 Å². The Bertz CT molecular complexity index is 1390. The molecule has 2 aromatic heterocycles. The van der Waals surface area contributed by atoms with E-state index in [1.807, 2.05) is 4.57 Å². The highest BCUT2D eigenvalue weighted by Gasteiger charge is 2.20. The molecule has 9 nitrogen and oxygen atoms in total. The zero-order valence-electron chi connectivity index (χ0n) is 18.3. The normalized spacial score (nSPS) is 12.2. The molecule has 4 aromatic rings. The van der Waals surface area contributed by atoms with E-state index in [2.05, 4.69) is 27.3 Å². The van der Waals surface area contributed by atoms with Crippen LogP contribution in [0.2, 0.25) is 0 Å². The van der Waals surface area contributed by atoms with Crippen LogP contribution in [0.5, 0.6) is 0 Å². The topological polar surface area (TPSA) is 98.8 Å². The zero-order valence-corrected chi connectivity index (χ0v) is 19.1. The number of sulfonamides is 1. The second kappa shape index (κ2) is 8.40. The summed E-state index contributed by atoms with van der Waals surface area (Å²) in [7, 11) is -0.565. The molecule has 0 fully saturated rings. The monoisotopic (exact) mass is 457 g/mol. The summed E-state index contributed by atoms with van der Waals surface area (Å²) in [4.78, 5) is 6.29. The van der Waals surface area contributed by atoms with Gasteiger partial charge in [-0.1, -0.05) is 6.92 Å². The maximum Gasteiger partial charge on any atom is 0.242 e. The van der Waals surface area contributed by atoms with Crippen molar-refractivity contribution in [3.8, 4) is 11.4 Å². The van der Waals surface area contributed by atoms with Crippen molar-refractivity contribution in [1.82, 2.24) is 34.1 Å². The number of aryl methyl sites for hydroxylation is 2.